The largest absolute Gasteiger partial charge is 0.508 e. The Morgan fingerprint density at radius 1 is 1.04 bits per heavy atom. The molecule has 0 aromatic heterocycles. The fourth-order valence-corrected chi connectivity index (χ4v) is 5.55. The van der Waals surface area contributed by atoms with Gasteiger partial charge >= 0.3 is 0 Å². The second-order valence-electron chi connectivity index (χ2n) is 8.06. The smallest absolute Gasteiger partial charge is 0.122 e. The summed E-state index contributed by atoms with van der Waals surface area (Å²) < 4.78 is 0. The summed E-state index contributed by atoms with van der Waals surface area (Å²) in [6.45, 7) is 13.2. The van der Waals surface area contributed by atoms with Crippen LogP contribution in [0.1, 0.15) is 58.9 Å². The molecule has 1 rings (SSSR count). The van der Waals surface area contributed by atoms with Crippen LogP contribution >= 0.6 is 0 Å². The number of hydrogen-bond acceptors (Lipinski definition) is 2. The Kier molecular flexibility index (Phi) is 8.50. The number of unbranched alkanes of at least 4 members (excludes halogenated alkanes) is 1. The van der Waals surface area contributed by atoms with Gasteiger partial charge in [-0.15, -0.1) is 0 Å². The lowest BCUT2D eigenvalue weighted by atomic mass is 10.0. The van der Waals surface area contributed by atoms with Crippen LogP contribution in [0, 0.1) is 0 Å². The van der Waals surface area contributed by atoms with Gasteiger partial charge in [0.2, 0.25) is 0 Å². The molecule has 1 aromatic rings. The molecule has 0 aliphatic rings. The number of benzene rings is 1. The van der Waals surface area contributed by atoms with Gasteiger partial charge in [-0.05, 0) is 52.2 Å². The minimum absolute atomic E-state index is 0.237. The number of rotatable bonds is 9. The van der Waals surface area contributed by atoms with Crippen molar-refractivity contribution in [3.05, 3.63) is 41.0 Å². The highest BCUT2D eigenvalue weighted by molar-refractivity contribution is 6.89. The molecular weight excluding hydrogens is 324 g/mol. The maximum absolute atomic E-state index is 10.4. The summed E-state index contributed by atoms with van der Waals surface area (Å²) in [5, 5.41) is 22.0. The molecule has 0 atom stereocenters. The van der Waals surface area contributed by atoms with E-state index in [2.05, 4.69) is 52.9 Å². The number of phenolic OH excluding ortho intramolecular Hbond substituents is 2. The van der Waals surface area contributed by atoms with Gasteiger partial charge < -0.3 is 10.2 Å². The van der Waals surface area contributed by atoms with E-state index in [1.54, 1.807) is 0 Å². The predicted molar refractivity (Wildman–Crippen MR) is 113 cm³/mol. The predicted octanol–water partition coefficient (Wildman–Crippen LogP) is 6.05. The third kappa shape index (κ3) is 7.11. The Morgan fingerprint density at radius 3 is 2.16 bits per heavy atom. The summed E-state index contributed by atoms with van der Waals surface area (Å²) in [6, 6.07) is 4.97. The fraction of sp³-hybridized carbons (Fsp3) is 0.545. The number of hydrogen-bond donors (Lipinski definition) is 2. The lowest BCUT2D eigenvalue weighted by molar-refractivity contribution is 0.441. The van der Waals surface area contributed by atoms with Crippen molar-refractivity contribution in [3.8, 4) is 11.5 Å². The van der Waals surface area contributed by atoms with E-state index in [0.29, 0.717) is 12.0 Å². The van der Waals surface area contributed by atoms with Gasteiger partial charge in [-0.25, -0.2) is 0 Å². The molecule has 3 heteroatoms. The molecule has 0 spiro atoms. The Balaban J connectivity index is 2.87. The molecule has 0 saturated carbocycles. The quantitative estimate of drug-likeness (QED) is 0.416. The Hall–Kier alpha value is -1.48. The molecule has 0 heterocycles. The molecule has 0 saturated heterocycles. The van der Waals surface area contributed by atoms with E-state index in [4.69, 9.17) is 0 Å². The van der Waals surface area contributed by atoms with Crippen LogP contribution in [0.5, 0.6) is 11.5 Å². The van der Waals surface area contributed by atoms with Crippen molar-refractivity contribution in [1.29, 1.82) is 0 Å². The lowest BCUT2D eigenvalue weighted by Gasteiger charge is -2.24. The number of aromatic hydroxyl groups is 2. The van der Waals surface area contributed by atoms with Crippen LogP contribution in [0.25, 0.3) is 0 Å². The zero-order valence-electron chi connectivity index (χ0n) is 16.9. The maximum Gasteiger partial charge on any atom is 0.122 e. The average Bonchev–Trinajstić information content (AvgIpc) is 2.51. The Labute approximate surface area is 155 Å². The van der Waals surface area contributed by atoms with Gasteiger partial charge in [0.15, 0.2) is 0 Å². The van der Waals surface area contributed by atoms with Crippen molar-refractivity contribution in [2.24, 2.45) is 0 Å². The topological polar surface area (TPSA) is 40.5 Å². The van der Waals surface area contributed by atoms with Crippen LogP contribution in [-0.4, -0.2) is 18.3 Å². The van der Waals surface area contributed by atoms with Crippen LogP contribution in [0.4, 0.5) is 0 Å². The van der Waals surface area contributed by atoms with Crippen molar-refractivity contribution in [2.75, 3.05) is 0 Å². The maximum atomic E-state index is 10.4. The molecule has 2 nitrogen and oxygen atoms in total. The van der Waals surface area contributed by atoms with Crippen LogP contribution in [0.2, 0.25) is 19.1 Å². The number of allylic oxidation sites excluding steroid dienone is 4. The molecule has 0 unspecified atom stereocenters. The second kappa shape index (κ2) is 9.86. The van der Waals surface area contributed by atoms with Gasteiger partial charge in [-0.2, -0.15) is 0 Å². The standard InChI is InChI=1S/C22H36O2Si/c1-7-8-14-25(5,6)19-15-21(23)20(22(24)16-19)13-12-18(4)11-9-10-17(2)3/h10,12,15-16,23-24H,7-9,11,13-14H2,1-6H3/b18-12+. The van der Waals surface area contributed by atoms with E-state index < -0.39 is 8.07 Å². The fourth-order valence-electron chi connectivity index (χ4n) is 2.97. The van der Waals surface area contributed by atoms with Gasteiger partial charge in [0, 0.05) is 5.56 Å². The molecule has 0 aliphatic heterocycles. The molecule has 0 bridgehead atoms. The summed E-state index contributed by atoms with van der Waals surface area (Å²) in [6.07, 6.45) is 9.38. The first-order valence-electron chi connectivity index (χ1n) is 9.51. The summed E-state index contributed by atoms with van der Waals surface area (Å²) in [5.41, 5.74) is 3.28. The molecule has 25 heavy (non-hydrogen) atoms. The lowest BCUT2D eigenvalue weighted by Crippen LogP contribution is -2.41. The SMILES string of the molecule is CCCC[Si](C)(C)c1cc(O)c(C/C=C(\C)CCC=C(C)C)c(O)c1. The van der Waals surface area contributed by atoms with Crippen molar-refractivity contribution >= 4 is 13.3 Å². The van der Waals surface area contributed by atoms with Crippen LogP contribution in [0.15, 0.2) is 35.4 Å². The van der Waals surface area contributed by atoms with Crippen molar-refractivity contribution in [3.63, 3.8) is 0 Å². The van der Waals surface area contributed by atoms with Gasteiger partial charge in [-0.3, -0.25) is 0 Å². The molecule has 140 valence electrons. The summed E-state index contributed by atoms with van der Waals surface area (Å²) in [7, 11) is -1.60. The van der Waals surface area contributed by atoms with Gasteiger partial charge in [-0.1, -0.05) is 67.4 Å². The zero-order chi connectivity index (χ0) is 19.0. The number of phenols is 2. The molecule has 1 aromatic carbocycles. The van der Waals surface area contributed by atoms with E-state index in [9.17, 15) is 10.2 Å². The first-order chi connectivity index (χ1) is 11.7. The zero-order valence-corrected chi connectivity index (χ0v) is 17.9. The van der Waals surface area contributed by atoms with Crippen molar-refractivity contribution in [1.82, 2.24) is 0 Å². The average molecular weight is 361 g/mol. The monoisotopic (exact) mass is 360 g/mol. The highest BCUT2D eigenvalue weighted by Crippen LogP contribution is 2.29. The van der Waals surface area contributed by atoms with Crippen molar-refractivity contribution < 1.29 is 10.2 Å². The first-order valence-corrected chi connectivity index (χ1v) is 12.7. The van der Waals surface area contributed by atoms with E-state index in [1.807, 2.05) is 12.1 Å². The second-order valence-corrected chi connectivity index (χ2v) is 12.9. The van der Waals surface area contributed by atoms with Gasteiger partial charge in [0.1, 0.15) is 11.5 Å². The summed E-state index contributed by atoms with van der Waals surface area (Å²) in [4.78, 5) is 0. The third-order valence-corrected chi connectivity index (χ3v) is 8.34. The van der Waals surface area contributed by atoms with Crippen LogP contribution in [0.3, 0.4) is 0 Å². The minimum atomic E-state index is -1.60. The van der Waals surface area contributed by atoms with E-state index in [-0.39, 0.29) is 11.5 Å². The van der Waals surface area contributed by atoms with E-state index >= 15 is 0 Å². The molecule has 0 radical (unpaired) electrons. The van der Waals surface area contributed by atoms with E-state index in [0.717, 1.165) is 18.0 Å². The third-order valence-electron chi connectivity index (χ3n) is 4.89. The minimum Gasteiger partial charge on any atom is -0.508 e. The van der Waals surface area contributed by atoms with E-state index in [1.165, 1.54) is 30.0 Å². The molecule has 0 aliphatic carbocycles. The molecule has 0 fully saturated rings. The summed E-state index contributed by atoms with van der Waals surface area (Å²) >= 11 is 0. The molecule has 2 N–H and O–H groups in total. The van der Waals surface area contributed by atoms with Gasteiger partial charge in [0.25, 0.3) is 0 Å². The summed E-state index contributed by atoms with van der Waals surface area (Å²) in [5.74, 6) is 0.473. The molecule has 0 amide bonds. The van der Waals surface area contributed by atoms with Crippen molar-refractivity contribution in [2.45, 2.75) is 78.9 Å². The van der Waals surface area contributed by atoms with Crippen LogP contribution in [-0.2, 0) is 6.42 Å². The Morgan fingerprint density at radius 2 is 1.64 bits per heavy atom. The molecular formula is C22H36O2Si. The van der Waals surface area contributed by atoms with Gasteiger partial charge in [0.05, 0.1) is 8.07 Å². The highest BCUT2D eigenvalue weighted by atomic mass is 28.3. The highest BCUT2D eigenvalue weighted by Gasteiger charge is 2.25. The normalized spacial score (nSPS) is 12.3. The Bertz CT molecular complexity index is 600. The van der Waals surface area contributed by atoms with Crippen LogP contribution < -0.4 is 5.19 Å². The first kappa shape index (κ1) is 21.6.